The van der Waals surface area contributed by atoms with Gasteiger partial charge in [-0.1, -0.05) is 54.6 Å². The zero-order valence-corrected chi connectivity index (χ0v) is 26.3. The summed E-state index contributed by atoms with van der Waals surface area (Å²) in [6.45, 7) is 5.25. The summed E-state index contributed by atoms with van der Waals surface area (Å²) in [6, 6.07) is 42.3. The molecule has 4 aromatic heterocycles. The number of hydrogen-bond acceptors (Lipinski definition) is 2. The molecule has 1 fully saturated rings. The van der Waals surface area contributed by atoms with E-state index in [-0.39, 0.29) is 0 Å². The molecule has 2 unspecified atom stereocenters. The molecule has 0 saturated heterocycles. The Morgan fingerprint density at radius 2 is 0.955 bits per heavy atom. The zero-order chi connectivity index (χ0) is 29.4. The highest BCUT2D eigenvalue weighted by atomic mass is 32.1. The summed E-state index contributed by atoms with van der Waals surface area (Å²) in [5, 5.41) is 5.48. The van der Waals surface area contributed by atoms with E-state index in [2.05, 4.69) is 125 Å². The molecule has 10 rings (SSSR count). The van der Waals surface area contributed by atoms with Crippen LogP contribution in [0.3, 0.4) is 0 Å². The maximum atomic E-state index is 3.36. The summed E-state index contributed by atoms with van der Waals surface area (Å²) >= 11 is 3.79. The van der Waals surface area contributed by atoms with Crippen LogP contribution in [-0.2, 0) is 0 Å². The fourth-order valence-electron chi connectivity index (χ4n) is 7.79. The van der Waals surface area contributed by atoms with Gasteiger partial charge in [0, 0.05) is 51.7 Å². The van der Waals surface area contributed by atoms with Gasteiger partial charge >= 0.3 is 0 Å². The van der Waals surface area contributed by atoms with Crippen molar-refractivity contribution < 1.29 is 0 Å². The van der Waals surface area contributed by atoms with Crippen molar-refractivity contribution in [2.75, 3.05) is 0 Å². The van der Waals surface area contributed by atoms with Crippen LogP contribution >= 0.6 is 22.7 Å². The van der Waals surface area contributed by atoms with Crippen molar-refractivity contribution in [3.63, 3.8) is 0 Å². The van der Waals surface area contributed by atoms with Crippen LogP contribution in [0.25, 0.3) is 74.2 Å². The van der Waals surface area contributed by atoms with Gasteiger partial charge < -0.3 is 9.13 Å². The SMILES string of the molecule is C=CC.c1ccc2c(c1)sc1ccc(-c3ccc4n3C3CCCC3n3c(-c5ccc6sc7ccccc7c6c5)ccc3-4)cc12. The molecular formula is C40H32N2S2. The third-order valence-electron chi connectivity index (χ3n) is 9.55. The van der Waals surface area contributed by atoms with Crippen molar-refractivity contribution in [1.29, 1.82) is 0 Å². The molecule has 2 aliphatic rings. The summed E-state index contributed by atoms with van der Waals surface area (Å²) < 4.78 is 10.8. The Morgan fingerprint density at radius 3 is 1.43 bits per heavy atom. The molecule has 8 aromatic rings. The van der Waals surface area contributed by atoms with Crippen LogP contribution in [0.5, 0.6) is 0 Å². The number of benzene rings is 4. The second kappa shape index (κ2) is 10.1. The van der Waals surface area contributed by atoms with Crippen molar-refractivity contribution in [2.24, 2.45) is 0 Å². The van der Waals surface area contributed by atoms with E-state index in [1.165, 1.54) is 93.5 Å². The monoisotopic (exact) mass is 604 g/mol. The maximum absolute atomic E-state index is 3.36. The highest BCUT2D eigenvalue weighted by Crippen LogP contribution is 2.52. The largest absolute Gasteiger partial charge is 0.334 e. The van der Waals surface area contributed by atoms with Gasteiger partial charge in [0.05, 0.1) is 23.5 Å². The topological polar surface area (TPSA) is 9.86 Å². The predicted octanol–water partition coefficient (Wildman–Crippen LogP) is 12.5. The van der Waals surface area contributed by atoms with E-state index >= 15 is 0 Å². The second-order valence-electron chi connectivity index (χ2n) is 12.0. The summed E-state index contributed by atoms with van der Waals surface area (Å²) in [7, 11) is 0. The molecule has 5 heterocycles. The van der Waals surface area contributed by atoms with Crippen molar-refractivity contribution in [3.8, 4) is 33.9 Å². The molecule has 4 aromatic carbocycles. The van der Waals surface area contributed by atoms with Crippen LogP contribution in [0.15, 0.2) is 122 Å². The lowest BCUT2D eigenvalue weighted by molar-refractivity contribution is 0.366. The predicted molar refractivity (Wildman–Crippen MR) is 192 cm³/mol. The van der Waals surface area contributed by atoms with Gasteiger partial charge in [0.2, 0.25) is 0 Å². The first-order valence-corrected chi connectivity index (χ1v) is 17.2. The molecule has 44 heavy (non-hydrogen) atoms. The summed E-state index contributed by atoms with van der Waals surface area (Å²) in [5.74, 6) is 0. The fraction of sp³-hybridized carbons (Fsp3) is 0.150. The Labute approximate surface area is 265 Å². The van der Waals surface area contributed by atoms with Crippen LogP contribution in [-0.4, -0.2) is 9.13 Å². The quantitative estimate of drug-likeness (QED) is 0.174. The lowest BCUT2D eigenvalue weighted by Crippen LogP contribution is -2.25. The lowest BCUT2D eigenvalue weighted by atomic mass is 10.0. The van der Waals surface area contributed by atoms with Gasteiger partial charge in [-0.25, -0.2) is 0 Å². The molecule has 0 radical (unpaired) electrons. The van der Waals surface area contributed by atoms with E-state index < -0.39 is 0 Å². The minimum absolute atomic E-state index is 0.481. The van der Waals surface area contributed by atoms with E-state index in [9.17, 15) is 0 Å². The Balaban J connectivity index is 0.000000869. The van der Waals surface area contributed by atoms with Crippen molar-refractivity contribution in [3.05, 3.63) is 122 Å². The Bertz CT molecular complexity index is 2210. The smallest absolute Gasteiger partial charge is 0.0656 e. The highest BCUT2D eigenvalue weighted by molar-refractivity contribution is 7.26. The first-order valence-electron chi connectivity index (χ1n) is 15.6. The summed E-state index contributed by atoms with van der Waals surface area (Å²) in [4.78, 5) is 0. The van der Waals surface area contributed by atoms with E-state index in [0.29, 0.717) is 12.1 Å². The molecule has 2 nitrogen and oxygen atoms in total. The van der Waals surface area contributed by atoms with Crippen LogP contribution < -0.4 is 0 Å². The molecule has 214 valence electrons. The second-order valence-corrected chi connectivity index (χ2v) is 14.2. The van der Waals surface area contributed by atoms with Gasteiger partial charge in [-0.2, -0.15) is 0 Å². The molecule has 1 aliphatic heterocycles. The molecule has 0 amide bonds. The van der Waals surface area contributed by atoms with Crippen LogP contribution in [0.2, 0.25) is 0 Å². The molecule has 0 N–H and O–H groups in total. The van der Waals surface area contributed by atoms with Crippen molar-refractivity contribution >= 4 is 63.0 Å². The highest BCUT2D eigenvalue weighted by Gasteiger charge is 2.39. The number of hydrogen-bond donors (Lipinski definition) is 0. The van der Waals surface area contributed by atoms with Crippen molar-refractivity contribution in [1.82, 2.24) is 9.13 Å². The van der Waals surface area contributed by atoms with Crippen LogP contribution in [0.1, 0.15) is 38.3 Å². The summed E-state index contributed by atoms with van der Waals surface area (Å²) in [5.41, 5.74) is 8.07. The molecule has 0 bridgehead atoms. The number of thiophene rings is 2. The third kappa shape index (κ3) is 3.77. The number of fused-ring (bicyclic) bond motifs is 12. The van der Waals surface area contributed by atoms with E-state index in [1.54, 1.807) is 6.08 Å². The Kier molecular flexibility index (Phi) is 5.97. The molecule has 4 heteroatoms. The average molecular weight is 605 g/mol. The molecule has 0 spiro atoms. The van der Waals surface area contributed by atoms with Gasteiger partial charge in [0.15, 0.2) is 0 Å². The van der Waals surface area contributed by atoms with Gasteiger partial charge in [-0.3, -0.25) is 0 Å². The maximum Gasteiger partial charge on any atom is 0.0656 e. The van der Waals surface area contributed by atoms with Gasteiger partial charge in [0.25, 0.3) is 0 Å². The fourth-order valence-corrected chi connectivity index (χ4v) is 9.97. The first kappa shape index (κ1) is 26.1. The lowest BCUT2D eigenvalue weighted by Gasteiger charge is -2.35. The first-order chi connectivity index (χ1) is 21.7. The minimum atomic E-state index is 0.481. The Hall–Kier alpha value is -4.38. The molecule has 1 aliphatic carbocycles. The van der Waals surface area contributed by atoms with Gasteiger partial charge in [-0.15, -0.1) is 29.3 Å². The van der Waals surface area contributed by atoms with Crippen molar-refractivity contribution in [2.45, 2.75) is 38.3 Å². The normalized spacial score (nSPS) is 17.0. The van der Waals surface area contributed by atoms with Gasteiger partial charge in [-0.05, 0) is 98.0 Å². The molecule has 2 atom stereocenters. The standard InChI is InChI=1S/C37H26N2S2.C3H6/c1-3-10-34-24(6-1)26-20-22(12-18-36(26)40-34)28-14-16-32-33-17-15-29(39(33)31-9-5-8-30(31)38(28)32)23-13-19-37-27(21-23)25-7-2-4-11-35(25)41-37;1-3-2/h1-4,6-7,10-21,30-31H,5,8-9H2;3H,1H2,2H3. The number of aromatic nitrogens is 2. The van der Waals surface area contributed by atoms with Crippen LogP contribution in [0.4, 0.5) is 0 Å². The zero-order valence-electron chi connectivity index (χ0n) is 24.7. The van der Waals surface area contributed by atoms with E-state index in [1.807, 2.05) is 29.6 Å². The number of rotatable bonds is 2. The average Bonchev–Trinajstić information content (AvgIpc) is 3.88. The minimum Gasteiger partial charge on any atom is -0.334 e. The third-order valence-corrected chi connectivity index (χ3v) is 11.9. The van der Waals surface area contributed by atoms with Crippen LogP contribution in [0, 0.1) is 0 Å². The van der Waals surface area contributed by atoms with Gasteiger partial charge in [0.1, 0.15) is 0 Å². The summed E-state index contributed by atoms with van der Waals surface area (Å²) in [6.07, 6.45) is 5.48. The number of nitrogens with zero attached hydrogens (tertiary/aromatic N) is 2. The molecular weight excluding hydrogens is 573 g/mol. The van der Waals surface area contributed by atoms with E-state index in [0.717, 1.165) is 0 Å². The number of allylic oxidation sites excluding steroid dienone is 1. The Morgan fingerprint density at radius 1 is 0.545 bits per heavy atom. The van der Waals surface area contributed by atoms with E-state index in [4.69, 9.17) is 0 Å². The molecule has 1 saturated carbocycles.